The SMILES string of the molecule is CCOc1ccc(OCCNC(=O)COC(=O)c2cc3ccccc3oc2=O)cc1. The van der Waals surface area contributed by atoms with Crippen LogP contribution in [-0.4, -0.2) is 38.2 Å². The van der Waals surface area contributed by atoms with Crippen molar-refractivity contribution in [3.63, 3.8) is 0 Å². The Bertz CT molecular complexity index is 1070. The number of rotatable bonds is 9. The van der Waals surface area contributed by atoms with Crippen LogP contribution in [0.3, 0.4) is 0 Å². The van der Waals surface area contributed by atoms with Gasteiger partial charge in [-0.3, -0.25) is 4.79 Å². The number of amides is 1. The van der Waals surface area contributed by atoms with Crippen LogP contribution in [0.2, 0.25) is 0 Å². The van der Waals surface area contributed by atoms with Gasteiger partial charge < -0.3 is 23.9 Å². The molecule has 8 nitrogen and oxygen atoms in total. The van der Waals surface area contributed by atoms with E-state index in [9.17, 15) is 14.4 Å². The van der Waals surface area contributed by atoms with Crippen LogP contribution >= 0.6 is 0 Å². The molecule has 0 radical (unpaired) electrons. The van der Waals surface area contributed by atoms with Gasteiger partial charge in [-0.05, 0) is 43.3 Å². The Balaban J connectivity index is 1.41. The summed E-state index contributed by atoms with van der Waals surface area (Å²) < 4.78 is 20.8. The number of carbonyl (C=O) groups is 2. The first-order valence-electron chi connectivity index (χ1n) is 9.39. The molecule has 0 bridgehead atoms. The number of hydrogen-bond acceptors (Lipinski definition) is 7. The quantitative estimate of drug-likeness (QED) is 0.328. The molecule has 3 rings (SSSR count). The van der Waals surface area contributed by atoms with E-state index in [4.69, 9.17) is 18.6 Å². The number of nitrogens with one attached hydrogen (secondary N) is 1. The fourth-order valence-electron chi connectivity index (χ4n) is 2.62. The Morgan fingerprint density at radius 1 is 1.00 bits per heavy atom. The molecule has 156 valence electrons. The van der Waals surface area contributed by atoms with Crippen molar-refractivity contribution in [2.45, 2.75) is 6.92 Å². The lowest BCUT2D eigenvalue weighted by Crippen LogP contribution is -2.32. The van der Waals surface area contributed by atoms with Crippen LogP contribution < -0.4 is 20.4 Å². The fourth-order valence-corrected chi connectivity index (χ4v) is 2.62. The molecule has 0 saturated heterocycles. The number of ether oxygens (including phenoxy) is 3. The maximum atomic E-state index is 12.1. The van der Waals surface area contributed by atoms with E-state index in [1.165, 1.54) is 6.07 Å². The summed E-state index contributed by atoms with van der Waals surface area (Å²) in [5, 5.41) is 3.15. The summed E-state index contributed by atoms with van der Waals surface area (Å²) in [5.74, 6) is -0.0401. The highest BCUT2D eigenvalue weighted by Gasteiger charge is 2.16. The average Bonchev–Trinajstić information content (AvgIpc) is 2.76. The Morgan fingerprint density at radius 2 is 1.70 bits per heavy atom. The van der Waals surface area contributed by atoms with Gasteiger partial charge in [0.25, 0.3) is 5.91 Å². The van der Waals surface area contributed by atoms with E-state index in [0.717, 1.165) is 5.75 Å². The lowest BCUT2D eigenvalue weighted by molar-refractivity contribution is -0.124. The molecule has 0 atom stereocenters. The molecule has 1 N–H and O–H groups in total. The van der Waals surface area contributed by atoms with Crippen molar-refractivity contribution in [3.8, 4) is 11.5 Å². The number of para-hydroxylation sites is 1. The predicted octanol–water partition coefficient (Wildman–Crippen LogP) is 2.54. The number of esters is 1. The van der Waals surface area contributed by atoms with Gasteiger partial charge >= 0.3 is 11.6 Å². The van der Waals surface area contributed by atoms with Gasteiger partial charge in [0.05, 0.1) is 13.2 Å². The maximum Gasteiger partial charge on any atom is 0.351 e. The van der Waals surface area contributed by atoms with Gasteiger partial charge in [-0.1, -0.05) is 18.2 Å². The summed E-state index contributed by atoms with van der Waals surface area (Å²) in [6.45, 7) is 2.43. The minimum Gasteiger partial charge on any atom is -0.494 e. The van der Waals surface area contributed by atoms with Crippen molar-refractivity contribution in [2.24, 2.45) is 0 Å². The average molecular weight is 411 g/mol. The summed E-state index contributed by atoms with van der Waals surface area (Å²) in [6.07, 6.45) is 0. The molecule has 1 amide bonds. The van der Waals surface area contributed by atoms with E-state index in [0.29, 0.717) is 23.3 Å². The van der Waals surface area contributed by atoms with Gasteiger partial charge in [-0.2, -0.15) is 0 Å². The lowest BCUT2D eigenvalue weighted by atomic mass is 10.2. The van der Waals surface area contributed by atoms with Crippen LogP contribution in [0.1, 0.15) is 17.3 Å². The largest absolute Gasteiger partial charge is 0.494 e. The molecule has 0 aliphatic carbocycles. The molecular weight excluding hydrogens is 390 g/mol. The molecule has 0 saturated carbocycles. The van der Waals surface area contributed by atoms with E-state index in [1.807, 2.05) is 6.92 Å². The zero-order valence-corrected chi connectivity index (χ0v) is 16.4. The minimum absolute atomic E-state index is 0.224. The second-order valence-electron chi connectivity index (χ2n) is 6.16. The monoisotopic (exact) mass is 411 g/mol. The molecule has 1 heterocycles. The number of benzene rings is 2. The normalized spacial score (nSPS) is 10.4. The van der Waals surface area contributed by atoms with Crippen molar-refractivity contribution in [3.05, 3.63) is 70.6 Å². The predicted molar refractivity (Wildman–Crippen MR) is 109 cm³/mol. The molecule has 0 aliphatic rings. The fraction of sp³-hybridized carbons (Fsp3) is 0.227. The molecule has 1 aromatic heterocycles. The third kappa shape index (κ3) is 5.60. The Labute approximate surface area is 172 Å². The molecule has 2 aromatic carbocycles. The highest BCUT2D eigenvalue weighted by molar-refractivity contribution is 5.94. The van der Waals surface area contributed by atoms with Crippen molar-refractivity contribution < 1.29 is 28.2 Å². The van der Waals surface area contributed by atoms with Crippen LogP contribution in [0, 0.1) is 0 Å². The van der Waals surface area contributed by atoms with Gasteiger partial charge in [0.15, 0.2) is 6.61 Å². The third-order valence-corrected chi connectivity index (χ3v) is 4.02. The van der Waals surface area contributed by atoms with Gasteiger partial charge in [-0.15, -0.1) is 0 Å². The van der Waals surface area contributed by atoms with E-state index in [2.05, 4.69) is 5.32 Å². The van der Waals surface area contributed by atoms with Crippen LogP contribution in [-0.2, 0) is 9.53 Å². The Kier molecular flexibility index (Phi) is 7.05. The first kappa shape index (κ1) is 20.9. The molecule has 0 unspecified atom stereocenters. The molecule has 0 spiro atoms. The first-order valence-corrected chi connectivity index (χ1v) is 9.39. The highest BCUT2D eigenvalue weighted by Crippen LogP contribution is 2.17. The summed E-state index contributed by atoms with van der Waals surface area (Å²) >= 11 is 0. The Morgan fingerprint density at radius 3 is 2.43 bits per heavy atom. The summed E-state index contributed by atoms with van der Waals surface area (Å²) in [7, 11) is 0. The number of carbonyl (C=O) groups excluding carboxylic acids is 2. The Hall–Kier alpha value is -3.81. The summed E-state index contributed by atoms with van der Waals surface area (Å²) in [4.78, 5) is 35.9. The van der Waals surface area contributed by atoms with Crippen LogP contribution in [0.15, 0.2) is 63.8 Å². The molecule has 3 aromatic rings. The maximum absolute atomic E-state index is 12.1. The topological polar surface area (TPSA) is 104 Å². The minimum atomic E-state index is -0.921. The second kappa shape index (κ2) is 10.1. The smallest absolute Gasteiger partial charge is 0.351 e. The van der Waals surface area contributed by atoms with Gasteiger partial charge in [0.2, 0.25) is 0 Å². The molecule has 0 aliphatic heterocycles. The second-order valence-corrected chi connectivity index (χ2v) is 6.16. The van der Waals surface area contributed by atoms with Crippen LogP contribution in [0.25, 0.3) is 11.0 Å². The standard InChI is InChI=1S/C22H21NO7/c1-2-27-16-7-9-17(10-8-16)28-12-11-23-20(24)14-29-21(25)18-13-15-5-3-4-6-19(15)30-22(18)26/h3-10,13H,2,11-12,14H2,1H3,(H,23,24). The van der Waals surface area contributed by atoms with Gasteiger partial charge in [-0.25, -0.2) is 9.59 Å². The van der Waals surface area contributed by atoms with Crippen LogP contribution in [0.4, 0.5) is 0 Å². The summed E-state index contributed by atoms with van der Waals surface area (Å²) in [5.41, 5.74) is -0.715. The number of hydrogen-bond donors (Lipinski definition) is 1. The third-order valence-electron chi connectivity index (χ3n) is 4.02. The lowest BCUT2D eigenvalue weighted by Gasteiger charge is -2.09. The van der Waals surface area contributed by atoms with Gasteiger partial charge in [0, 0.05) is 5.39 Å². The van der Waals surface area contributed by atoms with Crippen molar-refractivity contribution in [1.82, 2.24) is 5.32 Å². The van der Waals surface area contributed by atoms with E-state index in [-0.39, 0.29) is 18.7 Å². The highest BCUT2D eigenvalue weighted by atomic mass is 16.5. The molecular formula is C22H21NO7. The van der Waals surface area contributed by atoms with Crippen molar-refractivity contribution >= 4 is 22.8 Å². The summed E-state index contributed by atoms with van der Waals surface area (Å²) in [6, 6.07) is 15.3. The molecule has 0 fully saturated rings. The van der Waals surface area contributed by atoms with Crippen molar-refractivity contribution in [1.29, 1.82) is 0 Å². The zero-order chi connectivity index (χ0) is 21.3. The van der Waals surface area contributed by atoms with Crippen molar-refractivity contribution in [2.75, 3.05) is 26.4 Å². The molecule has 30 heavy (non-hydrogen) atoms. The van der Waals surface area contributed by atoms with E-state index < -0.39 is 24.1 Å². The van der Waals surface area contributed by atoms with Gasteiger partial charge in [0.1, 0.15) is 29.3 Å². The van der Waals surface area contributed by atoms with E-state index in [1.54, 1.807) is 48.5 Å². The molecule has 8 heteroatoms. The van der Waals surface area contributed by atoms with E-state index >= 15 is 0 Å². The van der Waals surface area contributed by atoms with Crippen LogP contribution in [0.5, 0.6) is 11.5 Å². The first-order chi connectivity index (χ1) is 14.6. The zero-order valence-electron chi connectivity index (χ0n) is 16.4. The number of fused-ring (bicyclic) bond motifs is 1.